The zero-order chi connectivity index (χ0) is 21.5. The van der Waals surface area contributed by atoms with Crippen molar-refractivity contribution >= 4 is 21.1 Å². The fourth-order valence-electron chi connectivity index (χ4n) is 2.45. The molecule has 0 saturated heterocycles. The van der Waals surface area contributed by atoms with Gasteiger partial charge in [0.2, 0.25) is 5.91 Å². The van der Waals surface area contributed by atoms with Gasteiger partial charge < -0.3 is 44.7 Å². The summed E-state index contributed by atoms with van der Waals surface area (Å²) >= 11 is 0. The molecule has 0 aromatic carbocycles. The van der Waals surface area contributed by atoms with Gasteiger partial charge in [-0.3, -0.25) is 9.69 Å². The van der Waals surface area contributed by atoms with E-state index in [4.69, 9.17) is 9.79 Å². The fourth-order valence-corrected chi connectivity index (χ4v) is 4.10. The van der Waals surface area contributed by atoms with Gasteiger partial charge in [0.05, 0.1) is 12.6 Å². The summed E-state index contributed by atoms with van der Waals surface area (Å²) in [5, 5.41) is 9.32. The standard InChI is InChI=1S/C15H36N4O7P2.2Na/c1-2-7-16-8-4-9-17-10-5-11-18-15(20)6-3-12-19(13-27(21,22)23)14-28(24,25)26;;/h16-17H,2-14H2,1H3,(H,18,20)(H2,21,22,23)(H2,24,25,26);;/q;2*+1/p-2. The summed E-state index contributed by atoms with van der Waals surface area (Å²) in [5.74, 6) is -0.229. The SMILES string of the molecule is CCCNCCCNCCCNC(=O)CCCN(CP(=O)([O-])O)CP(=O)([O-])O.[Na+].[Na+]. The molecule has 0 bridgehead atoms. The third kappa shape index (κ3) is 27.7. The number of carbonyl (C=O) groups is 1. The van der Waals surface area contributed by atoms with Gasteiger partial charge in [-0.15, -0.1) is 0 Å². The summed E-state index contributed by atoms with van der Waals surface area (Å²) < 4.78 is 21.8. The molecule has 0 aliphatic carbocycles. The molecule has 0 radical (unpaired) electrons. The zero-order valence-electron chi connectivity index (χ0n) is 18.5. The van der Waals surface area contributed by atoms with Crippen LogP contribution >= 0.6 is 15.2 Å². The van der Waals surface area contributed by atoms with E-state index in [1.165, 1.54) is 0 Å². The van der Waals surface area contributed by atoms with Crippen LogP contribution in [0.15, 0.2) is 0 Å². The van der Waals surface area contributed by atoms with E-state index in [0.717, 1.165) is 50.3 Å². The molecule has 5 N–H and O–H groups in total. The molecule has 1 amide bonds. The largest absolute Gasteiger partial charge is 1.00 e. The number of hydrogen-bond donors (Lipinski definition) is 5. The van der Waals surface area contributed by atoms with Gasteiger partial charge in [0.1, 0.15) is 15.2 Å². The third-order valence-electron chi connectivity index (χ3n) is 3.62. The van der Waals surface area contributed by atoms with Gasteiger partial charge in [-0.25, -0.2) is 0 Å². The van der Waals surface area contributed by atoms with Gasteiger partial charge in [0.15, 0.2) is 0 Å². The Kier molecular flexibility index (Phi) is 25.6. The summed E-state index contributed by atoms with van der Waals surface area (Å²) in [5.41, 5.74) is 0. The summed E-state index contributed by atoms with van der Waals surface area (Å²) in [7, 11) is -9.44. The molecule has 0 aliphatic rings. The molecule has 0 heterocycles. The smallest absolute Gasteiger partial charge is 0.778 e. The molecule has 0 aromatic rings. The molecule has 15 heteroatoms. The molecule has 11 nitrogen and oxygen atoms in total. The predicted octanol–water partition coefficient (Wildman–Crippen LogP) is -7.43. The van der Waals surface area contributed by atoms with Crippen LogP contribution in [-0.2, 0) is 13.9 Å². The molecule has 0 aliphatic heterocycles. The molecule has 0 saturated carbocycles. The Labute approximate surface area is 223 Å². The minimum Gasteiger partial charge on any atom is -0.778 e. The van der Waals surface area contributed by atoms with E-state index in [9.17, 15) is 23.7 Å². The Hall–Kier alpha value is 1.65. The first-order valence-electron chi connectivity index (χ1n) is 9.49. The Morgan fingerprint density at radius 1 is 0.867 bits per heavy atom. The molecule has 0 aromatic heterocycles. The van der Waals surface area contributed by atoms with Gasteiger partial charge >= 0.3 is 59.1 Å². The summed E-state index contributed by atoms with van der Waals surface area (Å²) in [6.45, 7) is 6.25. The van der Waals surface area contributed by atoms with Crippen molar-refractivity contribution in [1.29, 1.82) is 0 Å². The first-order valence-corrected chi connectivity index (χ1v) is 13.0. The van der Waals surface area contributed by atoms with Crippen LogP contribution in [0.3, 0.4) is 0 Å². The number of amides is 1. The van der Waals surface area contributed by atoms with Crippen molar-refractivity contribution in [2.24, 2.45) is 0 Å². The Bertz CT molecular complexity index is 499. The van der Waals surface area contributed by atoms with Crippen molar-refractivity contribution in [2.75, 3.05) is 51.8 Å². The first-order chi connectivity index (χ1) is 13.0. The van der Waals surface area contributed by atoms with E-state index in [2.05, 4.69) is 22.9 Å². The Morgan fingerprint density at radius 2 is 1.33 bits per heavy atom. The van der Waals surface area contributed by atoms with Crippen LogP contribution in [0.5, 0.6) is 0 Å². The summed E-state index contributed by atoms with van der Waals surface area (Å²) in [6.07, 6.45) is 1.39. The van der Waals surface area contributed by atoms with E-state index in [1.807, 2.05) is 0 Å². The zero-order valence-corrected chi connectivity index (χ0v) is 24.3. The molecule has 2 unspecified atom stereocenters. The second-order valence-electron chi connectivity index (χ2n) is 6.61. The van der Waals surface area contributed by atoms with Crippen LogP contribution < -0.4 is 84.9 Å². The molecule has 0 spiro atoms. The minimum atomic E-state index is -4.72. The maximum Gasteiger partial charge on any atom is 1.00 e. The van der Waals surface area contributed by atoms with Crippen molar-refractivity contribution in [3.8, 4) is 0 Å². The maximum absolute atomic E-state index is 11.7. The van der Waals surface area contributed by atoms with Crippen LogP contribution in [0.1, 0.15) is 39.0 Å². The average molecular weight is 490 g/mol. The van der Waals surface area contributed by atoms with Crippen molar-refractivity contribution in [2.45, 2.75) is 39.0 Å². The molecular weight excluding hydrogens is 456 g/mol. The number of nitrogens with one attached hydrogen (secondary N) is 3. The summed E-state index contributed by atoms with van der Waals surface area (Å²) in [4.78, 5) is 52.1. The normalized spacial score (nSPS) is 14.9. The monoisotopic (exact) mass is 490 g/mol. The van der Waals surface area contributed by atoms with Crippen molar-refractivity contribution < 1.29 is 92.6 Å². The molecular formula is C15H34N4Na2O7P2. The minimum absolute atomic E-state index is 0. The van der Waals surface area contributed by atoms with Gasteiger partial charge in [-0.2, -0.15) is 0 Å². The second kappa shape index (κ2) is 21.2. The van der Waals surface area contributed by atoms with Crippen molar-refractivity contribution in [3.05, 3.63) is 0 Å². The summed E-state index contributed by atoms with van der Waals surface area (Å²) in [6, 6.07) is 0. The van der Waals surface area contributed by atoms with Crippen LogP contribution in [-0.4, -0.2) is 72.4 Å². The topological polar surface area (TPSA) is 177 Å². The fraction of sp³-hybridized carbons (Fsp3) is 0.933. The quantitative estimate of drug-likeness (QED) is 0.0705. The van der Waals surface area contributed by atoms with Gasteiger partial charge in [-0.1, -0.05) is 6.92 Å². The van der Waals surface area contributed by atoms with Gasteiger partial charge in [0.25, 0.3) is 0 Å². The Morgan fingerprint density at radius 3 is 1.80 bits per heavy atom. The first kappa shape index (κ1) is 36.2. The molecule has 2 atom stereocenters. The van der Waals surface area contributed by atoms with Gasteiger partial charge in [-0.05, 0) is 58.4 Å². The third-order valence-corrected chi connectivity index (χ3v) is 5.14. The van der Waals surface area contributed by atoms with Crippen LogP contribution in [0, 0.1) is 0 Å². The second-order valence-corrected chi connectivity index (χ2v) is 9.73. The van der Waals surface area contributed by atoms with Crippen LogP contribution in [0.4, 0.5) is 0 Å². The molecule has 168 valence electrons. The number of rotatable bonds is 18. The number of nitrogens with zero attached hydrogens (tertiary/aromatic N) is 1. The molecule has 0 rings (SSSR count). The van der Waals surface area contributed by atoms with E-state index in [0.29, 0.717) is 6.54 Å². The van der Waals surface area contributed by atoms with E-state index in [1.54, 1.807) is 0 Å². The number of carbonyl (C=O) groups excluding carboxylic acids is 1. The van der Waals surface area contributed by atoms with E-state index < -0.39 is 27.8 Å². The van der Waals surface area contributed by atoms with Crippen LogP contribution in [0.2, 0.25) is 0 Å². The van der Waals surface area contributed by atoms with Gasteiger partial charge in [0, 0.05) is 13.0 Å². The maximum atomic E-state index is 11.7. The Balaban J connectivity index is -0.00000364. The van der Waals surface area contributed by atoms with Crippen LogP contribution in [0.25, 0.3) is 0 Å². The van der Waals surface area contributed by atoms with E-state index in [-0.39, 0.29) is 84.4 Å². The average Bonchev–Trinajstić information content (AvgIpc) is 2.53. The molecule has 30 heavy (non-hydrogen) atoms. The van der Waals surface area contributed by atoms with Crippen molar-refractivity contribution in [3.63, 3.8) is 0 Å². The van der Waals surface area contributed by atoms with E-state index >= 15 is 0 Å². The number of hydrogen-bond acceptors (Lipinski definition) is 8. The van der Waals surface area contributed by atoms with Crippen molar-refractivity contribution in [1.82, 2.24) is 20.9 Å². The predicted molar refractivity (Wildman–Crippen MR) is 104 cm³/mol. The molecule has 0 fully saturated rings.